The van der Waals surface area contributed by atoms with Crippen molar-refractivity contribution < 1.29 is 14.7 Å². The summed E-state index contributed by atoms with van der Waals surface area (Å²) < 4.78 is 0. The minimum Gasteiger partial charge on any atom is -0.477 e. The summed E-state index contributed by atoms with van der Waals surface area (Å²) in [5.41, 5.74) is 1.18. The van der Waals surface area contributed by atoms with E-state index in [4.69, 9.17) is 5.11 Å². The van der Waals surface area contributed by atoms with Crippen molar-refractivity contribution in [1.29, 1.82) is 0 Å². The molecule has 2 aromatic heterocycles. The molecular weight excluding hydrogens is 238 g/mol. The number of aromatic nitrogens is 4. The van der Waals surface area contributed by atoms with Crippen molar-refractivity contribution in [2.24, 2.45) is 0 Å². The van der Waals surface area contributed by atoms with Crippen molar-refractivity contribution in [3.8, 4) is 0 Å². The lowest BCUT2D eigenvalue weighted by molar-refractivity contribution is 0.0686. The molecule has 18 heavy (non-hydrogen) atoms. The molecule has 4 N–H and O–H groups in total. The number of hydrogen-bond acceptors (Lipinski definition) is 4. The van der Waals surface area contributed by atoms with Gasteiger partial charge in [-0.05, 0) is 13.8 Å². The zero-order chi connectivity index (χ0) is 13.3. The number of rotatable bonds is 3. The molecule has 0 saturated carbocycles. The number of amides is 1. The second kappa shape index (κ2) is 4.32. The van der Waals surface area contributed by atoms with Crippen LogP contribution in [0.4, 0.5) is 5.82 Å². The summed E-state index contributed by atoms with van der Waals surface area (Å²) in [4.78, 5) is 28.8. The van der Waals surface area contributed by atoms with Gasteiger partial charge in [-0.15, -0.1) is 0 Å². The Morgan fingerprint density at radius 1 is 1.39 bits per heavy atom. The molecule has 0 unspecified atom stereocenters. The first kappa shape index (κ1) is 11.8. The summed E-state index contributed by atoms with van der Waals surface area (Å²) in [7, 11) is 0. The van der Waals surface area contributed by atoms with Gasteiger partial charge in [-0.1, -0.05) is 0 Å². The predicted octanol–water partition coefficient (Wildman–Crippen LogP) is 0.700. The van der Waals surface area contributed by atoms with Crippen molar-refractivity contribution in [3.05, 3.63) is 29.0 Å². The molecule has 94 valence electrons. The zero-order valence-electron chi connectivity index (χ0n) is 9.74. The largest absolute Gasteiger partial charge is 0.477 e. The predicted molar refractivity (Wildman–Crippen MR) is 61.6 cm³/mol. The quantitative estimate of drug-likeness (QED) is 0.637. The summed E-state index contributed by atoms with van der Waals surface area (Å²) in [5.74, 6) is -1.51. The van der Waals surface area contributed by atoms with E-state index in [1.54, 1.807) is 6.92 Å². The Labute approximate surface area is 101 Å². The van der Waals surface area contributed by atoms with Gasteiger partial charge in [-0.25, -0.2) is 9.78 Å². The van der Waals surface area contributed by atoms with Crippen LogP contribution in [0, 0.1) is 13.8 Å². The van der Waals surface area contributed by atoms with E-state index in [0.717, 1.165) is 17.6 Å². The van der Waals surface area contributed by atoms with E-state index in [-0.39, 0.29) is 11.4 Å². The third-order valence-electron chi connectivity index (χ3n) is 2.55. The minimum atomic E-state index is -1.24. The second-order valence-electron chi connectivity index (χ2n) is 3.71. The van der Waals surface area contributed by atoms with E-state index in [1.807, 2.05) is 6.92 Å². The molecule has 0 atom stereocenters. The molecule has 0 aliphatic carbocycles. The van der Waals surface area contributed by atoms with Crippen LogP contribution in [0.3, 0.4) is 0 Å². The number of hydrogen-bond donors (Lipinski definition) is 4. The van der Waals surface area contributed by atoms with Gasteiger partial charge in [0.15, 0.2) is 17.2 Å². The number of aryl methyl sites for hydroxylation is 1. The Morgan fingerprint density at radius 3 is 2.67 bits per heavy atom. The normalized spacial score (nSPS) is 10.3. The van der Waals surface area contributed by atoms with Crippen molar-refractivity contribution in [2.45, 2.75) is 13.8 Å². The van der Waals surface area contributed by atoms with Crippen molar-refractivity contribution in [1.82, 2.24) is 20.2 Å². The Balaban J connectivity index is 2.25. The lowest BCUT2D eigenvalue weighted by atomic mass is 10.2. The lowest BCUT2D eigenvalue weighted by Gasteiger charge is -2.01. The van der Waals surface area contributed by atoms with Crippen LogP contribution in [-0.2, 0) is 0 Å². The molecule has 0 radical (unpaired) electrons. The number of imidazole rings is 1. The third kappa shape index (κ3) is 1.95. The van der Waals surface area contributed by atoms with Gasteiger partial charge in [-0.3, -0.25) is 9.89 Å². The minimum absolute atomic E-state index is 0.178. The summed E-state index contributed by atoms with van der Waals surface area (Å²) in [6, 6.07) is 0. The van der Waals surface area contributed by atoms with E-state index >= 15 is 0 Å². The Bertz CT molecular complexity index is 613. The second-order valence-corrected chi connectivity index (χ2v) is 3.71. The highest BCUT2D eigenvalue weighted by Crippen LogP contribution is 2.15. The number of carboxylic acids is 1. The van der Waals surface area contributed by atoms with E-state index < -0.39 is 11.9 Å². The fraction of sp³-hybridized carbons (Fsp3) is 0.200. The smallest absolute Gasteiger partial charge is 0.354 e. The number of nitrogens with zero attached hydrogens (tertiary/aromatic N) is 2. The van der Waals surface area contributed by atoms with E-state index in [0.29, 0.717) is 5.82 Å². The number of carbonyl (C=O) groups is 2. The van der Waals surface area contributed by atoms with Gasteiger partial charge >= 0.3 is 5.97 Å². The summed E-state index contributed by atoms with van der Waals surface area (Å²) in [5, 5.41) is 18.0. The van der Waals surface area contributed by atoms with E-state index in [2.05, 4.69) is 25.5 Å². The van der Waals surface area contributed by atoms with Gasteiger partial charge in [-0.2, -0.15) is 5.10 Å². The molecule has 0 bridgehead atoms. The van der Waals surface area contributed by atoms with E-state index in [9.17, 15) is 9.59 Å². The highest BCUT2D eigenvalue weighted by Gasteiger charge is 2.21. The van der Waals surface area contributed by atoms with Crippen molar-refractivity contribution in [2.75, 3.05) is 5.32 Å². The van der Waals surface area contributed by atoms with Gasteiger partial charge in [0.2, 0.25) is 0 Å². The van der Waals surface area contributed by atoms with Crippen LogP contribution in [0.2, 0.25) is 0 Å². The van der Waals surface area contributed by atoms with Crippen LogP contribution in [-0.4, -0.2) is 37.1 Å². The molecule has 0 aliphatic rings. The highest BCUT2D eigenvalue weighted by atomic mass is 16.4. The van der Waals surface area contributed by atoms with Gasteiger partial charge < -0.3 is 15.4 Å². The topological polar surface area (TPSA) is 124 Å². The molecule has 0 aliphatic heterocycles. The van der Waals surface area contributed by atoms with Gasteiger partial charge in [0, 0.05) is 11.3 Å². The highest BCUT2D eigenvalue weighted by molar-refractivity contribution is 6.08. The Kier molecular flexibility index (Phi) is 2.84. The summed E-state index contributed by atoms with van der Waals surface area (Å²) >= 11 is 0. The molecule has 2 heterocycles. The first-order chi connectivity index (χ1) is 8.50. The number of H-pyrrole nitrogens is 2. The number of carbonyl (C=O) groups excluding carboxylic acids is 1. The molecule has 2 aromatic rings. The summed E-state index contributed by atoms with van der Waals surface area (Å²) in [6.45, 7) is 3.60. The maximum atomic E-state index is 11.9. The zero-order valence-corrected chi connectivity index (χ0v) is 9.74. The van der Waals surface area contributed by atoms with Crippen molar-refractivity contribution in [3.63, 3.8) is 0 Å². The molecule has 0 saturated heterocycles. The fourth-order valence-corrected chi connectivity index (χ4v) is 1.40. The Morgan fingerprint density at radius 2 is 2.11 bits per heavy atom. The fourth-order valence-electron chi connectivity index (χ4n) is 1.40. The van der Waals surface area contributed by atoms with Crippen LogP contribution in [0.1, 0.15) is 32.2 Å². The number of carboxylic acid groups (broad SMARTS) is 1. The maximum Gasteiger partial charge on any atom is 0.354 e. The number of aromatic amines is 2. The molecular formula is C10H11N5O3. The average molecular weight is 249 g/mol. The van der Waals surface area contributed by atoms with Gasteiger partial charge in [0.1, 0.15) is 0 Å². The van der Waals surface area contributed by atoms with Crippen LogP contribution in [0.5, 0.6) is 0 Å². The molecule has 0 aromatic carbocycles. The van der Waals surface area contributed by atoms with Crippen LogP contribution in [0.15, 0.2) is 6.33 Å². The van der Waals surface area contributed by atoms with Crippen LogP contribution >= 0.6 is 0 Å². The average Bonchev–Trinajstić information content (AvgIpc) is 2.91. The standard InChI is InChI=1S/C10H11N5O3/c1-4-5(2)14-15-8(4)13-9(16)6-7(10(17)18)12-3-11-6/h3H,1-2H3,(H,11,12)(H,17,18)(H2,13,14,15,16). The number of nitrogens with one attached hydrogen (secondary N) is 3. The molecule has 1 amide bonds. The molecule has 8 nitrogen and oxygen atoms in total. The van der Waals surface area contributed by atoms with Gasteiger partial charge in [0.25, 0.3) is 5.91 Å². The first-order valence-corrected chi connectivity index (χ1v) is 5.10. The van der Waals surface area contributed by atoms with Crippen LogP contribution < -0.4 is 5.32 Å². The molecule has 0 fully saturated rings. The third-order valence-corrected chi connectivity index (χ3v) is 2.55. The number of anilines is 1. The first-order valence-electron chi connectivity index (χ1n) is 5.10. The van der Waals surface area contributed by atoms with E-state index in [1.165, 1.54) is 0 Å². The monoisotopic (exact) mass is 249 g/mol. The maximum absolute atomic E-state index is 11.9. The molecule has 0 spiro atoms. The lowest BCUT2D eigenvalue weighted by Crippen LogP contribution is -2.17. The van der Waals surface area contributed by atoms with Gasteiger partial charge in [0.05, 0.1) is 6.33 Å². The van der Waals surface area contributed by atoms with Crippen LogP contribution in [0.25, 0.3) is 0 Å². The molecule has 8 heteroatoms. The SMILES string of the molecule is Cc1[nH]nc(NC(=O)c2nc[nH]c2C(=O)O)c1C. The van der Waals surface area contributed by atoms with Crippen molar-refractivity contribution >= 4 is 17.7 Å². The Hall–Kier alpha value is -2.64. The summed E-state index contributed by atoms with van der Waals surface area (Å²) in [6.07, 6.45) is 1.15. The number of aromatic carboxylic acids is 1. The molecule has 2 rings (SSSR count).